The Balaban J connectivity index is 0.00000208. The fraction of sp³-hybridized carbons (Fsp3) is 0.611. The van der Waals surface area contributed by atoms with E-state index in [0.717, 1.165) is 38.8 Å². The topological polar surface area (TPSA) is 44.4 Å². The molecule has 0 aromatic heterocycles. The van der Waals surface area contributed by atoms with Crippen molar-refractivity contribution in [2.24, 2.45) is 5.92 Å². The van der Waals surface area contributed by atoms with Gasteiger partial charge in [-0.2, -0.15) is 0 Å². The molecule has 6 heteroatoms. The van der Waals surface area contributed by atoms with E-state index in [1.54, 1.807) is 6.07 Å². The number of anilines is 1. The highest BCUT2D eigenvalue weighted by atomic mass is 35.5. The standard InChI is InChI=1S/C18H26FN3O.ClH/c1-13-11-14(8-9-20-13)18(23)21-15-5-4-10-22(12-15)17-7-3-2-6-16(17)19;/h2-3,6-7,13-15,20H,4-5,8-12H2,1H3,(H,21,23);1H/t13-,14-,15?;/m0./s1. The van der Waals surface area contributed by atoms with Crippen LogP contribution in [-0.4, -0.2) is 37.6 Å². The average molecular weight is 356 g/mol. The maximum Gasteiger partial charge on any atom is 0.223 e. The molecule has 2 heterocycles. The van der Waals surface area contributed by atoms with Crippen LogP contribution in [0.25, 0.3) is 0 Å². The van der Waals surface area contributed by atoms with Crippen molar-refractivity contribution in [2.45, 2.75) is 44.7 Å². The van der Waals surface area contributed by atoms with E-state index in [1.807, 2.05) is 12.1 Å². The smallest absolute Gasteiger partial charge is 0.223 e. The molecule has 0 aliphatic carbocycles. The van der Waals surface area contributed by atoms with Crippen LogP contribution in [0, 0.1) is 11.7 Å². The third-order valence-electron chi connectivity index (χ3n) is 4.96. The largest absolute Gasteiger partial charge is 0.367 e. The molecule has 0 saturated carbocycles. The molecule has 3 atom stereocenters. The van der Waals surface area contributed by atoms with E-state index in [4.69, 9.17) is 0 Å². The van der Waals surface area contributed by atoms with Crippen LogP contribution in [0.2, 0.25) is 0 Å². The first-order valence-corrected chi connectivity index (χ1v) is 8.66. The van der Waals surface area contributed by atoms with Gasteiger partial charge < -0.3 is 15.5 Å². The first-order valence-electron chi connectivity index (χ1n) is 8.66. The molecular formula is C18H27ClFN3O. The minimum atomic E-state index is -0.188. The van der Waals surface area contributed by atoms with Gasteiger partial charge in [0.15, 0.2) is 0 Å². The first-order chi connectivity index (χ1) is 11.1. The highest BCUT2D eigenvalue weighted by molar-refractivity contribution is 5.85. The van der Waals surface area contributed by atoms with Crippen LogP contribution in [0.3, 0.4) is 0 Å². The van der Waals surface area contributed by atoms with Gasteiger partial charge in [-0.25, -0.2) is 4.39 Å². The summed E-state index contributed by atoms with van der Waals surface area (Å²) in [4.78, 5) is 14.5. The Morgan fingerprint density at radius 1 is 1.33 bits per heavy atom. The zero-order chi connectivity index (χ0) is 16.2. The van der Waals surface area contributed by atoms with Crippen LogP contribution in [0.4, 0.5) is 10.1 Å². The summed E-state index contributed by atoms with van der Waals surface area (Å²) in [5.74, 6) is 0.0838. The number of halogens is 2. The van der Waals surface area contributed by atoms with Crippen molar-refractivity contribution in [3.05, 3.63) is 30.1 Å². The number of nitrogens with zero attached hydrogens (tertiary/aromatic N) is 1. The van der Waals surface area contributed by atoms with Gasteiger partial charge in [0.05, 0.1) is 5.69 Å². The molecule has 2 aliphatic heterocycles. The third-order valence-corrected chi connectivity index (χ3v) is 4.96. The number of benzene rings is 1. The van der Waals surface area contributed by atoms with Gasteiger partial charge >= 0.3 is 0 Å². The van der Waals surface area contributed by atoms with Crippen LogP contribution >= 0.6 is 12.4 Å². The van der Waals surface area contributed by atoms with Crippen molar-refractivity contribution in [2.75, 3.05) is 24.5 Å². The number of carbonyl (C=O) groups is 1. The van der Waals surface area contributed by atoms with E-state index in [2.05, 4.69) is 22.5 Å². The van der Waals surface area contributed by atoms with Gasteiger partial charge in [-0.15, -0.1) is 12.4 Å². The van der Waals surface area contributed by atoms with E-state index in [-0.39, 0.29) is 36.1 Å². The molecule has 2 saturated heterocycles. The first kappa shape index (κ1) is 19.0. The number of rotatable bonds is 3. The van der Waals surface area contributed by atoms with E-state index in [0.29, 0.717) is 18.3 Å². The van der Waals surface area contributed by atoms with Gasteiger partial charge in [0, 0.05) is 31.1 Å². The molecule has 2 N–H and O–H groups in total. The Hall–Kier alpha value is -1.33. The second-order valence-corrected chi connectivity index (χ2v) is 6.82. The Labute approximate surface area is 149 Å². The summed E-state index contributed by atoms with van der Waals surface area (Å²) in [6.07, 6.45) is 3.74. The van der Waals surface area contributed by atoms with Crippen LogP contribution in [0.15, 0.2) is 24.3 Å². The van der Waals surface area contributed by atoms with Crippen LogP contribution in [-0.2, 0) is 4.79 Å². The van der Waals surface area contributed by atoms with Gasteiger partial charge in [-0.1, -0.05) is 12.1 Å². The van der Waals surface area contributed by atoms with Crippen molar-refractivity contribution in [3.63, 3.8) is 0 Å². The number of amides is 1. The van der Waals surface area contributed by atoms with Gasteiger partial charge in [-0.3, -0.25) is 4.79 Å². The lowest BCUT2D eigenvalue weighted by Crippen LogP contribution is -2.51. The molecule has 2 fully saturated rings. The molecule has 0 bridgehead atoms. The van der Waals surface area contributed by atoms with Crippen LogP contribution < -0.4 is 15.5 Å². The summed E-state index contributed by atoms with van der Waals surface area (Å²) in [5, 5.41) is 6.57. The molecule has 0 radical (unpaired) electrons. The summed E-state index contributed by atoms with van der Waals surface area (Å²) in [6.45, 7) is 4.57. The molecule has 4 nitrogen and oxygen atoms in total. The molecule has 1 unspecified atom stereocenters. The molecular weight excluding hydrogens is 329 g/mol. The lowest BCUT2D eigenvalue weighted by Gasteiger charge is -2.36. The van der Waals surface area contributed by atoms with Crippen molar-refractivity contribution < 1.29 is 9.18 Å². The molecule has 0 spiro atoms. The second kappa shape index (κ2) is 8.67. The molecule has 2 aliphatic rings. The minimum absolute atomic E-state index is 0. The fourth-order valence-corrected chi connectivity index (χ4v) is 3.71. The Morgan fingerprint density at radius 3 is 2.88 bits per heavy atom. The van der Waals surface area contributed by atoms with Crippen molar-refractivity contribution in [1.82, 2.24) is 10.6 Å². The zero-order valence-corrected chi connectivity index (χ0v) is 14.9. The summed E-state index contributed by atoms with van der Waals surface area (Å²) in [6, 6.07) is 7.39. The summed E-state index contributed by atoms with van der Waals surface area (Å²) in [7, 11) is 0. The maximum absolute atomic E-state index is 14.0. The van der Waals surface area contributed by atoms with E-state index >= 15 is 0 Å². The fourth-order valence-electron chi connectivity index (χ4n) is 3.71. The van der Waals surface area contributed by atoms with E-state index in [1.165, 1.54) is 6.07 Å². The van der Waals surface area contributed by atoms with Crippen molar-refractivity contribution in [1.29, 1.82) is 0 Å². The number of hydrogen-bond acceptors (Lipinski definition) is 3. The molecule has 24 heavy (non-hydrogen) atoms. The van der Waals surface area contributed by atoms with E-state index in [9.17, 15) is 9.18 Å². The number of hydrogen-bond donors (Lipinski definition) is 2. The van der Waals surface area contributed by atoms with E-state index < -0.39 is 0 Å². The molecule has 1 amide bonds. The number of para-hydroxylation sites is 1. The van der Waals surface area contributed by atoms with Gasteiger partial charge in [0.1, 0.15) is 5.82 Å². The Morgan fingerprint density at radius 2 is 2.12 bits per heavy atom. The van der Waals surface area contributed by atoms with Gasteiger partial charge in [0.2, 0.25) is 5.91 Å². The number of nitrogens with one attached hydrogen (secondary N) is 2. The van der Waals surface area contributed by atoms with Crippen LogP contribution in [0.1, 0.15) is 32.6 Å². The Bertz CT molecular complexity index is 557. The van der Waals surface area contributed by atoms with Gasteiger partial charge in [-0.05, 0) is 51.3 Å². The number of carbonyl (C=O) groups excluding carboxylic acids is 1. The summed E-state index contributed by atoms with van der Waals surface area (Å²) in [5.41, 5.74) is 0.641. The van der Waals surface area contributed by atoms with Crippen molar-refractivity contribution >= 4 is 24.0 Å². The molecule has 134 valence electrons. The monoisotopic (exact) mass is 355 g/mol. The average Bonchev–Trinajstić information content (AvgIpc) is 2.55. The maximum atomic E-state index is 14.0. The third kappa shape index (κ3) is 4.61. The molecule has 3 rings (SSSR count). The summed E-state index contributed by atoms with van der Waals surface area (Å²) >= 11 is 0. The minimum Gasteiger partial charge on any atom is -0.367 e. The summed E-state index contributed by atoms with van der Waals surface area (Å²) < 4.78 is 14.0. The lowest BCUT2D eigenvalue weighted by molar-refractivity contribution is -0.126. The number of piperidine rings is 2. The predicted molar refractivity (Wildman–Crippen MR) is 97.2 cm³/mol. The lowest BCUT2D eigenvalue weighted by atomic mass is 9.92. The quantitative estimate of drug-likeness (QED) is 0.876. The molecule has 1 aromatic carbocycles. The van der Waals surface area contributed by atoms with Gasteiger partial charge in [0.25, 0.3) is 0 Å². The Kier molecular flexibility index (Phi) is 6.87. The van der Waals surface area contributed by atoms with Crippen LogP contribution in [0.5, 0.6) is 0 Å². The highest BCUT2D eigenvalue weighted by Gasteiger charge is 2.28. The zero-order valence-electron chi connectivity index (χ0n) is 14.1. The SMILES string of the molecule is C[C@H]1C[C@@H](C(=O)NC2CCCN(c3ccccc3F)C2)CCN1.Cl. The second-order valence-electron chi connectivity index (χ2n) is 6.82. The normalized spacial score (nSPS) is 27.2. The predicted octanol–water partition coefficient (Wildman–Crippen LogP) is 2.72. The molecule has 1 aromatic rings. The van der Waals surface area contributed by atoms with Crippen molar-refractivity contribution in [3.8, 4) is 0 Å². The highest BCUT2D eigenvalue weighted by Crippen LogP contribution is 2.23.